The van der Waals surface area contributed by atoms with Crippen molar-refractivity contribution in [3.05, 3.63) is 44.0 Å². The standard InChI is InChI=1S/C21H21BrClN3O5S/c22-17-4-3-16(32-17)19(28)25-21(6-9-31-12-21)20(29)24-13-1-2-15(14(23)11-13)26-7-10-30-8-5-18(26)27/h1-4,11H,5-10,12H2,(H,24,29)(H,25,28). The molecule has 11 heteroatoms. The molecule has 2 aliphatic heterocycles. The van der Waals surface area contributed by atoms with Gasteiger partial charge in [-0.25, -0.2) is 0 Å². The van der Waals surface area contributed by atoms with Crippen LogP contribution in [0.25, 0.3) is 0 Å². The third-order valence-electron chi connectivity index (χ3n) is 5.32. The van der Waals surface area contributed by atoms with E-state index in [1.807, 2.05) is 0 Å². The molecule has 0 saturated carbocycles. The molecule has 170 valence electrons. The van der Waals surface area contributed by atoms with E-state index in [1.165, 1.54) is 11.3 Å². The Kier molecular flexibility index (Phi) is 7.16. The van der Waals surface area contributed by atoms with Gasteiger partial charge in [-0.05, 0) is 46.3 Å². The van der Waals surface area contributed by atoms with Gasteiger partial charge >= 0.3 is 0 Å². The molecule has 0 radical (unpaired) electrons. The number of carbonyl (C=O) groups excluding carboxylic acids is 3. The Bertz CT molecular complexity index is 1040. The van der Waals surface area contributed by atoms with E-state index in [4.69, 9.17) is 21.1 Å². The number of nitrogens with zero attached hydrogens (tertiary/aromatic N) is 1. The summed E-state index contributed by atoms with van der Waals surface area (Å²) in [6, 6.07) is 8.44. The van der Waals surface area contributed by atoms with E-state index in [1.54, 1.807) is 35.2 Å². The van der Waals surface area contributed by atoms with Crippen LogP contribution < -0.4 is 15.5 Å². The molecular formula is C21H21BrClN3O5S. The molecule has 0 aliphatic carbocycles. The molecular weight excluding hydrogens is 522 g/mol. The highest BCUT2D eigenvalue weighted by Crippen LogP contribution is 2.31. The number of anilines is 2. The van der Waals surface area contributed by atoms with Crippen LogP contribution in [-0.2, 0) is 19.1 Å². The number of hydrogen-bond donors (Lipinski definition) is 2. The Morgan fingerprint density at radius 2 is 2.00 bits per heavy atom. The molecule has 3 heterocycles. The highest BCUT2D eigenvalue weighted by atomic mass is 79.9. The van der Waals surface area contributed by atoms with Crippen LogP contribution in [0.3, 0.4) is 0 Å². The molecule has 1 aromatic heterocycles. The third kappa shape index (κ3) is 4.99. The fourth-order valence-corrected chi connectivity index (χ4v) is 5.16. The molecule has 2 aliphatic rings. The molecule has 2 fully saturated rings. The number of halogens is 2. The lowest BCUT2D eigenvalue weighted by atomic mass is 9.97. The Morgan fingerprint density at radius 1 is 1.16 bits per heavy atom. The topological polar surface area (TPSA) is 97.0 Å². The van der Waals surface area contributed by atoms with Gasteiger partial charge in [-0.2, -0.15) is 0 Å². The SMILES string of the molecule is O=C(NC1(C(=O)Nc2ccc(N3CCOCCC3=O)c(Cl)c2)CCOC1)c1ccc(Br)s1. The Hall–Kier alpha value is -1.98. The summed E-state index contributed by atoms with van der Waals surface area (Å²) in [6.07, 6.45) is 0.642. The van der Waals surface area contributed by atoms with Gasteiger partial charge in [0.1, 0.15) is 5.54 Å². The number of carbonyl (C=O) groups is 3. The third-order valence-corrected chi connectivity index (χ3v) is 7.25. The number of rotatable bonds is 5. The maximum Gasteiger partial charge on any atom is 0.262 e. The van der Waals surface area contributed by atoms with Crippen molar-refractivity contribution in [2.75, 3.05) is 43.2 Å². The highest BCUT2D eigenvalue weighted by molar-refractivity contribution is 9.11. The van der Waals surface area contributed by atoms with E-state index in [2.05, 4.69) is 26.6 Å². The Morgan fingerprint density at radius 3 is 2.69 bits per heavy atom. The van der Waals surface area contributed by atoms with Gasteiger partial charge in [0.05, 0.1) is 45.6 Å². The van der Waals surface area contributed by atoms with Crippen molar-refractivity contribution in [3.8, 4) is 0 Å². The zero-order valence-corrected chi connectivity index (χ0v) is 20.1. The van der Waals surface area contributed by atoms with E-state index < -0.39 is 5.54 Å². The minimum atomic E-state index is -1.18. The number of amides is 3. The van der Waals surface area contributed by atoms with Gasteiger partial charge in [0.2, 0.25) is 5.91 Å². The fourth-order valence-electron chi connectivity index (χ4n) is 3.60. The number of benzene rings is 1. The second kappa shape index (κ2) is 9.88. The van der Waals surface area contributed by atoms with Crippen LogP contribution >= 0.6 is 38.9 Å². The first-order valence-electron chi connectivity index (χ1n) is 10.0. The lowest BCUT2D eigenvalue weighted by molar-refractivity contribution is -0.122. The molecule has 0 spiro atoms. The minimum absolute atomic E-state index is 0.0637. The zero-order valence-electron chi connectivity index (χ0n) is 17.0. The lowest BCUT2D eigenvalue weighted by Crippen LogP contribution is -2.57. The minimum Gasteiger partial charge on any atom is -0.379 e. The van der Waals surface area contributed by atoms with E-state index in [0.29, 0.717) is 54.1 Å². The molecule has 8 nitrogen and oxygen atoms in total. The van der Waals surface area contributed by atoms with Crippen LogP contribution in [0.2, 0.25) is 5.02 Å². The van der Waals surface area contributed by atoms with Crippen molar-refractivity contribution in [3.63, 3.8) is 0 Å². The van der Waals surface area contributed by atoms with Crippen molar-refractivity contribution in [2.45, 2.75) is 18.4 Å². The van der Waals surface area contributed by atoms with Gasteiger partial charge in [0.25, 0.3) is 11.8 Å². The first kappa shape index (κ1) is 23.2. The van der Waals surface area contributed by atoms with Crippen LogP contribution in [-0.4, -0.2) is 56.2 Å². The summed E-state index contributed by atoms with van der Waals surface area (Å²) in [5.74, 6) is -0.787. The maximum absolute atomic E-state index is 13.2. The van der Waals surface area contributed by atoms with Gasteiger partial charge < -0.3 is 25.0 Å². The molecule has 1 aromatic carbocycles. The molecule has 1 unspecified atom stereocenters. The predicted octanol–water partition coefficient (Wildman–Crippen LogP) is 3.44. The molecule has 2 saturated heterocycles. The predicted molar refractivity (Wildman–Crippen MR) is 126 cm³/mol. The summed E-state index contributed by atoms with van der Waals surface area (Å²) in [6.45, 7) is 1.67. The fraction of sp³-hybridized carbons (Fsp3) is 0.381. The van der Waals surface area contributed by atoms with Crippen LogP contribution in [0.5, 0.6) is 0 Å². The first-order valence-corrected chi connectivity index (χ1v) is 12.0. The molecule has 4 rings (SSSR count). The monoisotopic (exact) mass is 541 g/mol. The van der Waals surface area contributed by atoms with Crippen molar-refractivity contribution >= 4 is 68.0 Å². The summed E-state index contributed by atoms with van der Waals surface area (Å²) in [5.41, 5.74) is -0.158. The van der Waals surface area contributed by atoms with Crippen LogP contribution in [0.4, 0.5) is 11.4 Å². The maximum atomic E-state index is 13.2. The van der Waals surface area contributed by atoms with Gasteiger partial charge in [-0.3, -0.25) is 14.4 Å². The first-order chi connectivity index (χ1) is 15.4. The average Bonchev–Trinajstić information content (AvgIpc) is 3.36. The second-order valence-corrected chi connectivity index (χ2v) is 10.3. The van der Waals surface area contributed by atoms with Crippen LogP contribution in [0, 0.1) is 0 Å². The summed E-state index contributed by atoms with van der Waals surface area (Å²) >= 11 is 11.1. The average molecular weight is 543 g/mol. The summed E-state index contributed by atoms with van der Waals surface area (Å²) < 4.78 is 11.6. The van der Waals surface area contributed by atoms with E-state index in [-0.39, 0.29) is 30.7 Å². The molecule has 2 aromatic rings. The van der Waals surface area contributed by atoms with Gasteiger partial charge in [-0.15, -0.1) is 11.3 Å². The molecule has 1 atom stereocenters. The number of ether oxygens (including phenoxy) is 2. The largest absolute Gasteiger partial charge is 0.379 e. The zero-order chi connectivity index (χ0) is 22.7. The summed E-state index contributed by atoms with van der Waals surface area (Å²) in [4.78, 5) is 40.3. The van der Waals surface area contributed by atoms with Crippen LogP contribution in [0.15, 0.2) is 34.1 Å². The van der Waals surface area contributed by atoms with Crippen molar-refractivity contribution in [2.24, 2.45) is 0 Å². The normalized spacial score (nSPS) is 21.3. The molecule has 2 N–H and O–H groups in total. The second-order valence-electron chi connectivity index (χ2n) is 7.47. The lowest BCUT2D eigenvalue weighted by Gasteiger charge is -2.27. The van der Waals surface area contributed by atoms with E-state index in [9.17, 15) is 14.4 Å². The van der Waals surface area contributed by atoms with Crippen molar-refractivity contribution < 1.29 is 23.9 Å². The number of nitrogens with one attached hydrogen (secondary N) is 2. The van der Waals surface area contributed by atoms with Crippen molar-refractivity contribution in [1.82, 2.24) is 5.32 Å². The van der Waals surface area contributed by atoms with Gasteiger partial charge in [0, 0.05) is 25.3 Å². The summed E-state index contributed by atoms with van der Waals surface area (Å²) in [5, 5.41) is 6.01. The molecule has 32 heavy (non-hydrogen) atoms. The van der Waals surface area contributed by atoms with Gasteiger partial charge in [-0.1, -0.05) is 11.6 Å². The Labute approximate surface area is 202 Å². The molecule has 0 bridgehead atoms. The Balaban J connectivity index is 1.49. The number of thiophene rings is 1. The quantitative estimate of drug-likeness (QED) is 0.603. The van der Waals surface area contributed by atoms with Crippen LogP contribution in [0.1, 0.15) is 22.5 Å². The number of hydrogen-bond acceptors (Lipinski definition) is 6. The summed E-state index contributed by atoms with van der Waals surface area (Å²) in [7, 11) is 0. The highest BCUT2D eigenvalue weighted by Gasteiger charge is 2.44. The molecule has 3 amide bonds. The van der Waals surface area contributed by atoms with E-state index in [0.717, 1.165) is 3.79 Å². The van der Waals surface area contributed by atoms with Gasteiger partial charge in [0.15, 0.2) is 0 Å². The van der Waals surface area contributed by atoms with Crippen molar-refractivity contribution in [1.29, 1.82) is 0 Å². The smallest absolute Gasteiger partial charge is 0.262 e. The van der Waals surface area contributed by atoms with E-state index >= 15 is 0 Å².